The third-order valence-electron chi connectivity index (χ3n) is 2.87. The Morgan fingerprint density at radius 3 is 2.62 bits per heavy atom. The molecule has 1 aromatic heterocycles. The maximum atomic E-state index is 12.9. The molecule has 3 nitrogen and oxygen atoms in total. The van der Waals surface area contributed by atoms with Gasteiger partial charge >= 0.3 is 0 Å². The van der Waals surface area contributed by atoms with Crippen LogP contribution in [0.3, 0.4) is 0 Å². The van der Waals surface area contributed by atoms with Crippen LogP contribution in [0.4, 0.5) is 4.39 Å². The van der Waals surface area contributed by atoms with Crippen molar-refractivity contribution in [1.29, 1.82) is 0 Å². The van der Waals surface area contributed by atoms with Crippen LogP contribution in [-0.2, 0) is 6.61 Å². The number of benzene rings is 2. The van der Waals surface area contributed by atoms with E-state index in [1.54, 1.807) is 18.3 Å². The van der Waals surface area contributed by atoms with Crippen molar-refractivity contribution in [3.8, 4) is 17.1 Å². The highest BCUT2D eigenvalue weighted by molar-refractivity contribution is 9.10. The molecule has 0 aliphatic rings. The first kappa shape index (κ1) is 13.8. The molecular formula is C16H11BrFNO2. The van der Waals surface area contributed by atoms with Crippen molar-refractivity contribution in [2.75, 3.05) is 0 Å². The first-order chi connectivity index (χ1) is 10.2. The molecular weight excluding hydrogens is 337 g/mol. The van der Waals surface area contributed by atoms with E-state index in [9.17, 15) is 4.39 Å². The lowest BCUT2D eigenvalue weighted by molar-refractivity contribution is 0.263. The summed E-state index contributed by atoms with van der Waals surface area (Å²) in [6, 6.07) is 13.6. The first-order valence-electron chi connectivity index (χ1n) is 6.30. The molecule has 21 heavy (non-hydrogen) atoms. The highest BCUT2D eigenvalue weighted by atomic mass is 79.9. The zero-order chi connectivity index (χ0) is 14.7. The smallest absolute Gasteiger partial charge is 0.232 e. The number of nitrogens with zero attached hydrogens (tertiary/aromatic N) is 1. The number of hydrogen-bond acceptors (Lipinski definition) is 3. The molecule has 0 saturated carbocycles. The van der Waals surface area contributed by atoms with Gasteiger partial charge in [-0.15, -0.1) is 0 Å². The summed E-state index contributed by atoms with van der Waals surface area (Å²) in [5.74, 6) is 1.49. The zero-order valence-electron chi connectivity index (χ0n) is 10.9. The summed E-state index contributed by atoms with van der Waals surface area (Å²) in [4.78, 5) is 4.16. The summed E-state index contributed by atoms with van der Waals surface area (Å²) < 4.78 is 25.0. The number of oxazole rings is 1. The van der Waals surface area contributed by atoms with Crippen molar-refractivity contribution in [3.63, 3.8) is 0 Å². The van der Waals surface area contributed by atoms with Crippen molar-refractivity contribution in [3.05, 3.63) is 70.9 Å². The number of ether oxygens (including phenoxy) is 1. The summed E-state index contributed by atoms with van der Waals surface area (Å²) in [7, 11) is 0. The molecule has 1 heterocycles. The minimum absolute atomic E-state index is 0.226. The van der Waals surface area contributed by atoms with Crippen LogP contribution < -0.4 is 4.74 Å². The van der Waals surface area contributed by atoms with Crippen molar-refractivity contribution in [2.45, 2.75) is 6.61 Å². The Morgan fingerprint density at radius 2 is 1.86 bits per heavy atom. The predicted molar refractivity (Wildman–Crippen MR) is 80.4 cm³/mol. The number of hydrogen-bond donors (Lipinski definition) is 0. The largest absolute Gasteiger partial charge is 0.483 e. The second-order valence-corrected chi connectivity index (χ2v) is 5.20. The van der Waals surface area contributed by atoms with E-state index in [-0.39, 0.29) is 12.4 Å². The molecule has 0 aliphatic carbocycles. The van der Waals surface area contributed by atoms with Crippen LogP contribution in [0.15, 0.2) is 63.6 Å². The highest BCUT2D eigenvalue weighted by Crippen LogP contribution is 2.25. The maximum absolute atomic E-state index is 12.9. The van der Waals surface area contributed by atoms with E-state index >= 15 is 0 Å². The van der Waals surface area contributed by atoms with Gasteiger partial charge in [-0.3, -0.25) is 0 Å². The molecule has 0 atom stereocenters. The van der Waals surface area contributed by atoms with Gasteiger partial charge in [-0.05, 0) is 52.3 Å². The van der Waals surface area contributed by atoms with Gasteiger partial charge in [0.05, 0.1) is 10.7 Å². The average Bonchev–Trinajstić information content (AvgIpc) is 2.96. The van der Waals surface area contributed by atoms with Gasteiger partial charge in [-0.25, -0.2) is 9.37 Å². The summed E-state index contributed by atoms with van der Waals surface area (Å²) in [6.45, 7) is 0.226. The van der Waals surface area contributed by atoms with E-state index in [1.165, 1.54) is 12.1 Å². The molecule has 0 fully saturated rings. The topological polar surface area (TPSA) is 35.3 Å². The summed E-state index contributed by atoms with van der Waals surface area (Å²) in [5.41, 5.74) is 0.774. The number of aromatic nitrogens is 1. The van der Waals surface area contributed by atoms with Crippen molar-refractivity contribution < 1.29 is 13.5 Å². The van der Waals surface area contributed by atoms with E-state index in [0.717, 1.165) is 15.8 Å². The fourth-order valence-corrected chi connectivity index (χ4v) is 2.23. The highest BCUT2D eigenvalue weighted by Gasteiger charge is 2.08. The Balaban J connectivity index is 1.71. The van der Waals surface area contributed by atoms with Gasteiger partial charge in [0.2, 0.25) is 5.89 Å². The van der Waals surface area contributed by atoms with Crippen LogP contribution in [0.2, 0.25) is 0 Å². The molecule has 2 aromatic carbocycles. The lowest BCUT2D eigenvalue weighted by atomic mass is 10.2. The van der Waals surface area contributed by atoms with Crippen molar-refractivity contribution in [2.24, 2.45) is 0 Å². The molecule has 0 radical (unpaired) electrons. The third kappa shape index (κ3) is 3.31. The van der Waals surface area contributed by atoms with E-state index in [2.05, 4.69) is 20.9 Å². The maximum Gasteiger partial charge on any atom is 0.232 e. The van der Waals surface area contributed by atoms with E-state index < -0.39 is 0 Å². The van der Waals surface area contributed by atoms with Gasteiger partial charge in [0.1, 0.15) is 11.6 Å². The predicted octanol–water partition coefficient (Wildman–Crippen LogP) is 4.82. The normalized spacial score (nSPS) is 10.6. The fourth-order valence-electron chi connectivity index (χ4n) is 1.83. The molecule has 0 bridgehead atoms. The molecule has 3 aromatic rings. The van der Waals surface area contributed by atoms with Gasteiger partial charge in [-0.2, -0.15) is 0 Å². The summed E-state index contributed by atoms with van der Waals surface area (Å²) >= 11 is 3.41. The van der Waals surface area contributed by atoms with Crippen LogP contribution in [0, 0.1) is 5.82 Å². The quantitative estimate of drug-likeness (QED) is 0.678. The first-order valence-corrected chi connectivity index (χ1v) is 7.09. The number of rotatable bonds is 4. The molecule has 0 unspecified atom stereocenters. The summed E-state index contributed by atoms with van der Waals surface area (Å²) in [6.07, 6.45) is 1.60. The Hall–Kier alpha value is -2.14. The Labute approximate surface area is 129 Å². The fraction of sp³-hybridized carbons (Fsp3) is 0.0625. The molecule has 3 rings (SSSR count). The van der Waals surface area contributed by atoms with Gasteiger partial charge in [0.25, 0.3) is 0 Å². The Bertz CT molecular complexity index is 740. The second kappa shape index (κ2) is 6.10. The van der Waals surface area contributed by atoms with Crippen LogP contribution in [0.1, 0.15) is 5.89 Å². The van der Waals surface area contributed by atoms with Gasteiger partial charge < -0.3 is 9.15 Å². The van der Waals surface area contributed by atoms with Gasteiger partial charge in [-0.1, -0.05) is 12.1 Å². The Morgan fingerprint density at radius 1 is 1.10 bits per heavy atom. The zero-order valence-corrected chi connectivity index (χ0v) is 12.5. The summed E-state index contributed by atoms with van der Waals surface area (Å²) in [5, 5.41) is 0. The van der Waals surface area contributed by atoms with E-state index in [0.29, 0.717) is 11.7 Å². The van der Waals surface area contributed by atoms with Crippen molar-refractivity contribution >= 4 is 15.9 Å². The third-order valence-corrected chi connectivity index (χ3v) is 3.53. The molecule has 0 spiro atoms. The number of halogens is 2. The van der Waals surface area contributed by atoms with Crippen molar-refractivity contribution in [1.82, 2.24) is 4.98 Å². The monoisotopic (exact) mass is 347 g/mol. The molecule has 106 valence electrons. The van der Waals surface area contributed by atoms with Gasteiger partial charge in [0.15, 0.2) is 12.4 Å². The molecule has 0 N–H and O–H groups in total. The van der Waals surface area contributed by atoms with Crippen LogP contribution in [-0.4, -0.2) is 4.98 Å². The molecule has 5 heteroatoms. The molecule has 0 saturated heterocycles. The SMILES string of the molecule is Fc1ccc(-c2cnc(COc3ccccc3Br)o2)cc1. The standard InChI is InChI=1S/C16H11BrFNO2/c17-13-3-1-2-4-14(13)20-10-16-19-9-15(21-16)11-5-7-12(18)8-6-11/h1-9H,10H2. The van der Waals surface area contributed by atoms with E-state index in [4.69, 9.17) is 9.15 Å². The van der Waals surface area contributed by atoms with Crippen LogP contribution in [0.5, 0.6) is 5.75 Å². The van der Waals surface area contributed by atoms with Crippen LogP contribution >= 0.6 is 15.9 Å². The number of para-hydroxylation sites is 1. The minimum atomic E-state index is -0.282. The van der Waals surface area contributed by atoms with Gasteiger partial charge in [0, 0.05) is 5.56 Å². The lowest BCUT2D eigenvalue weighted by Gasteiger charge is -2.05. The van der Waals surface area contributed by atoms with E-state index in [1.807, 2.05) is 24.3 Å². The Kier molecular flexibility index (Phi) is 4.01. The molecule has 0 aliphatic heterocycles. The molecule has 0 amide bonds. The average molecular weight is 348 g/mol. The lowest BCUT2D eigenvalue weighted by Crippen LogP contribution is -1.95. The minimum Gasteiger partial charge on any atom is -0.483 e. The van der Waals surface area contributed by atoms with Crippen LogP contribution in [0.25, 0.3) is 11.3 Å². The second-order valence-electron chi connectivity index (χ2n) is 4.34.